The fourth-order valence-electron chi connectivity index (χ4n) is 1.75. The Hall–Kier alpha value is -1.77. The Labute approximate surface area is 75.5 Å². The van der Waals surface area contributed by atoms with Gasteiger partial charge in [-0.25, -0.2) is 0 Å². The number of nitrogens with one attached hydrogen (secondary N) is 2. The lowest BCUT2D eigenvalue weighted by molar-refractivity contribution is 0.864. The van der Waals surface area contributed by atoms with Crippen molar-refractivity contribution < 1.29 is 0 Å². The summed E-state index contributed by atoms with van der Waals surface area (Å²) in [6.07, 6.45) is 7.73. The Morgan fingerprint density at radius 1 is 1.38 bits per heavy atom. The van der Waals surface area contributed by atoms with Gasteiger partial charge in [-0.2, -0.15) is 0 Å². The third-order valence-corrected chi connectivity index (χ3v) is 2.39. The molecule has 13 heavy (non-hydrogen) atoms. The van der Waals surface area contributed by atoms with Gasteiger partial charge in [-0.05, 0) is 18.3 Å². The van der Waals surface area contributed by atoms with Crippen LogP contribution < -0.4 is 5.32 Å². The minimum atomic E-state index is 0.886. The molecule has 0 unspecified atom stereocenters. The molecular formula is C10H9N3. The van der Waals surface area contributed by atoms with E-state index in [9.17, 15) is 0 Å². The summed E-state index contributed by atoms with van der Waals surface area (Å²) in [5, 5.41) is 4.41. The van der Waals surface area contributed by atoms with E-state index in [1.165, 1.54) is 16.6 Å². The van der Waals surface area contributed by atoms with Crippen molar-refractivity contribution in [1.29, 1.82) is 0 Å². The van der Waals surface area contributed by atoms with Gasteiger partial charge in [-0.15, -0.1) is 0 Å². The summed E-state index contributed by atoms with van der Waals surface area (Å²) in [6, 6.07) is 2.00. The summed E-state index contributed by atoms with van der Waals surface area (Å²) in [6.45, 7) is 0.886. The highest BCUT2D eigenvalue weighted by Crippen LogP contribution is 2.23. The van der Waals surface area contributed by atoms with Crippen molar-refractivity contribution in [2.75, 3.05) is 0 Å². The quantitative estimate of drug-likeness (QED) is 0.632. The molecule has 2 N–H and O–H groups in total. The predicted molar refractivity (Wildman–Crippen MR) is 52.0 cm³/mol. The molecule has 0 saturated carbocycles. The van der Waals surface area contributed by atoms with E-state index in [-0.39, 0.29) is 0 Å². The molecule has 0 fully saturated rings. The average molecular weight is 171 g/mol. The van der Waals surface area contributed by atoms with Gasteiger partial charge in [0, 0.05) is 41.1 Å². The number of hydrogen-bond acceptors (Lipinski definition) is 2. The summed E-state index contributed by atoms with van der Waals surface area (Å²) in [7, 11) is 0. The molecule has 0 spiro atoms. The largest absolute Gasteiger partial charge is 0.387 e. The number of aromatic amines is 1. The number of H-pyrrole nitrogens is 1. The van der Waals surface area contributed by atoms with Gasteiger partial charge >= 0.3 is 0 Å². The topological polar surface area (TPSA) is 40.7 Å². The van der Waals surface area contributed by atoms with E-state index in [0.29, 0.717) is 0 Å². The van der Waals surface area contributed by atoms with Crippen LogP contribution in [0.25, 0.3) is 17.0 Å². The van der Waals surface area contributed by atoms with Crippen LogP contribution in [0.1, 0.15) is 11.3 Å². The van der Waals surface area contributed by atoms with Crippen LogP contribution in [0, 0.1) is 0 Å². The van der Waals surface area contributed by atoms with Crippen LogP contribution in [-0.4, -0.2) is 9.97 Å². The highest BCUT2D eigenvalue weighted by molar-refractivity contribution is 5.86. The van der Waals surface area contributed by atoms with E-state index in [1.54, 1.807) is 6.20 Å². The monoisotopic (exact) mass is 171 g/mol. The Bertz CT molecular complexity index is 482. The third-order valence-electron chi connectivity index (χ3n) is 2.39. The standard InChI is InChI=1S/C10H9N3/c1-3-11-5-7-8-6-12-4-2-10(8)13-9(1)7/h1-5,12-13H,6H2. The third kappa shape index (κ3) is 0.869. The Kier molecular flexibility index (Phi) is 1.22. The van der Waals surface area contributed by atoms with Crippen molar-refractivity contribution in [2.45, 2.75) is 6.54 Å². The van der Waals surface area contributed by atoms with E-state index < -0.39 is 0 Å². The summed E-state index contributed by atoms with van der Waals surface area (Å²) >= 11 is 0. The second-order valence-electron chi connectivity index (χ2n) is 3.15. The molecule has 2 aromatic heterocycles. The first kappa shape index (κ1) is 6.71. The zero-order valence-electron chi connectivity index (χ0n) is 7.04. The number of rotatable bonds is 0. The second-order valence-corrected chi connectivity index (χ2v) is 3.15. The SMILES string of the molecule is C1=Cc2[nH]c3ccncc3c2CN1. The molecule has 0 bridgehead atoms. The molecule has 0 amide bonds. The van der Waals surface area contributed by atoms with Gasteiger partial charge in [0.25, 0.3) is 0 Å². The second kappa shape index (κ2) is 2.36. The summed E-state index contributed by atoms with van der Waals surface area (Å²) in [5.74, 6) is 0. The van der Waals surface area contributed by atoms with Gasteiger partial charge in [0.05, 0.1) is 0 Å². The Balaban J connectivity index is 2.41. The molecule has 0 aliphatic carbocycles. The van der Waals surface area contributed by atoms with Crippen LogP contribution in [0.2, 0.25) is 0 Å². The first-order valence-corrected chi connectivity index (χ1v) is 4.29. The fourth-order valence-corrected chi connectivity index (χ4v) is 1.75. The molecule has 0 aromatic carbocycles. The Morgan fingerprint density at radius 3 is 3.38 bits per heavy atom. The number of aromatic nitrogens is 2. The maximum atomic E-state index is 4.12. The van der Waals surface area contributed by atoms with Crippen molar-refractivity contribution in [3.05, 3.63) is 35.9 Å². The summed E-state index contributed by atoms with van der Waals surface area (Å²) in [4.78, 5) is 7.47. The predicted octanol–water partition coefficient (Wildman–Crippen LogP) is 1.64. The zero-order chi connectivity index (χ0) is 8.67. The van der Waals surface area contributed by atoms with E-state index in [4.69, 9.17) is 0 Å². The minimum absolute atomic E-state index is 0.886. The van der Waals surface area contributed by atoms with Crippen molar-refractivity contribution in [2.24, 2.45) is 0 Å². The molecule has 3 heteroatoms. The molecule has 1 aliphatic heterocycles. The molecule has 3 rings (SSSR count). The minimum Gasteiger partial charge on any atom is -0.387 e. The maximum Gasteiger partial charge on any atom is 0.0493 e. The van der Waals surface area contributed by atoms with Crippen LogP contribution in [-0.2, 0) is 6.54 Å². The Morgan fingerprint density at radius 2 is 2.38 bits per heavy atom. The van der Waals surface area contributed by atoms with Crippen LogP contribution in [0.3, 0.4) is 0 Å². The summed E-state index contributed by atoms with van der Waals surface area (Å²) in [5.41, 5.74) is 3.67. The van der Waals surface area contributed by atoms with E-state index >= 15 is 0 Å². The zero-order valence-corrected chi connectivity index (χ0v) is 7.04. The molecule has 3 nitrogen and oxygen atoms in total. The number of fused-ring (bicyclic) bond motifs is 3. The van der Waals surface area contributed by atoms with Gasteiger partial charge in [0.15, 0.2) is 0 Å². The molecule has 2 aromatic rings. The molecule has 3 heterocycles. The lowest BCUT2D eigenvalue weighted by Crippen LogP contribution is -2.08. The molecule has 64 valence electrons. The van der Waals surface area contributed by atoms with Crippen molar-refractivity contribution in [1.82, 2.24) is 15.3 Å². The smallest absolute Gasteiger partial charge is 0.0493 e. The average Bonchev–Trinajstić information content (AvgIpc) is 2.56. The number of pyridine rings is 1. The number of nitrogens with zero attached hydrogens (tertiary/aromatic N) is 1. The van der Waals surface area contributed by atoms with Crippen molar-refractivity contribution >= 4 is 17.0 Å². The first-order chi connectivity index (χ1) is 6.45. The highest BCUT2D eigenvalue weighted by atomic mass is 14.9. The van der Waals surface area contributed by atoms with Gasteiger partial charge in [0.1, 0.15) is 0 Å². The van der Waals surface area contributed by atoms with Gasteiger partial charge in [-0.3, -0.25) is 4.98 Å². The van der Waals surface area contributed by atoms with Crippen LogP contribution >= 0.6 is 0 Å². The van der Waals surface area contributed by atoms with Gasteiger partial charge < -0.3 is 10.3 Å². The maximum absolute atomic E-state index is 4.12. The molecular weight excluding hydrogens is 162 g/mol. The number of hydrogen-bond donors (Lipinski definition) is 2. The van der Waals surface area contributed by atoms with Crippen molar-refractivity contribution in [3.8, 4) is 0 Å². The molecule has 1 aliphatic rings. The van der Waals surface area contributed by atoms with Crippen molar-refractivity contribution in [3.63, 3.8) is 0 Å². The first-order valence-electron chi connectivity index (χ1n) is 4.29. The van der Waals surface area contributed by atoms with Gasteiger partial charge in [0.2, 0.25) is 0 Å². The van der Waals surface area contributed by atoms with Crippen LogP contribution in [0.15, 0.2) is 24.7 Å². The van der Waals surface area contributed by atoms with E-state index in [1.807, 2.05) is 18.5 Å². The normalized spacial score (nSPS) is 14.2. The molecule has 0 saturated heterocycles. The lowest BCUT2D eigenvalue weighted by Gasteiger charge is -2.06. The van der Waals surface area contributed by atoms with E-state index in [0.717, 1.165) is 12.1 Å². The molecule has 0 atom stereocenters. The lowest BCUT2D eigenvalue weighted by atomic mass is 10.1. The van der Waals surface area contributed by atoms with Crippen LogP contribution in [0.5, 0.6) is 0 Å². The summed E-state index contributed by atoms with van der Waals surface area (Å²) < 4.78 is 0. The highest BCUT2D eigenvalue weighted by Gasteiger charge is 2.10. The fraction of sp³-hybridized carbons (Fsp3) is 0.100. The van der Waals surface area contributed by atoms with Gasteiger partial charge in [-0.1, -0.05) is 0 Å². The van der Waals surface area contributed by atoms with E-state index in [2.05, 4.69) is 21.4 Å². The molecule has 0 radical (unpaired) electrons. The van der Waals surface area contributed by atoms with Crippen LogP contribution in [0.4, 0.5) is 0 Å².